The van der Waals surface area contributed by atoms with Crippen molar-refractivity contribution >= 4 is 17.8 Å². The van der Waals surface area contributed by atoms with Crippen LogP contribution in [-0.2, 0) is 19.1 Å². The van der Waals surface area contributed by atoms with E-state index < -0.39 is 12.2 Å². The van der Waals surface area contributed by atoms with Crippen molar-refractivity contribution in [1.29, 1.82) is 0 Å². The summed E-state index contributed by atoms with van der Waals surface area (Å²) in [7, 11) is 3.21. The first-order chi connectivity index (χ1) is 11.3. The molecule has 0 radical (unpaired) electrons. The minimum Gasteiger partial charge on any atom is -0.465 e. The fourth-order valence-corrected chi connectivity index (χ4v) is 2.73. The van der Waals surface area contributed by atoms with Gasteiger partial charge in [-0.2, -0.15) is 0 Å². The fourth-order valence-electron chi connectivity index (χ4n) is 2.73. The average Bonchev–Trinajstić information content (AvgIpc) is 2.54. The molecule has 0 aliphatic carbocycles. The number of Topliss-reactive ketones (excluding diaryl/α,β-unsaturated/α-hetero) is 1. The Morgan fingerprint density at radius 1 is 1.00 bits per heavy atom. The SMILES string of the molecule is C[C@@H]1CCCCC[C@H](OC(=O)N(C)C)C(=O)[C@H](C)CCCOC1=O. The highest BCUT2D eigenvalue weighted by molar-refractivity contribution is 5.87. The van der Waals surface area contributed by atoms with E-state index in [1.54, 1.807) is 14.1 Å². The molecule has 1 amide bonds. The molecule has 6 nitrogen and oxygen atoms in total. The number of amides is 1. The second-order valence-electron chi connectivity index (χ2n) is 6.92. The summed E-state index contributed by atoms with van der Waals surface area (Å²) in [5.41, 5.74) is 0. The molecule has 0 aromatic carbocycles. The molecule has 0 aromatic rings. The molecule has 1 aliphatic rings. The number of esters is 1. The molecule has 0 bridgehead atoms. The summed E-state index contributed by atoms with van der Waals surface area (Å²) >= 11 is 0. The van der Waals surface area contributed by atoms with Crippen LogP contribution in [0.1, 0.15) is 58.8 Å². The summed E-state index contributed by atoms with van der Waals surface area (Å²) in [6, 6.07) is 0. The molecule has 1 rings (SSSR count). The lowest BCUT2D eigenvalue weighted by Gasteiger charge is -2.23. The summed E-state index contributed by atoms with van der Waals surface area (Å²) in [6.07, 6.45) is 4.01. The number of hydrogen-bond acceptors (Lipinski definition) is 5. The lowest BCUT2D eigenvalue weighted by atomic mass is 9.93. The Balaban J connectivity index is 2.70. The molecular weight excluding hydrogens is 310 g/mol. The van der Waals surface area contributed by atoms with Gasteiger partial charge in [0.2, 0.25) is 0 Å². The summed E-state index contributed by atoms with van der Waals surface area (Å²) < 4.78 is 10.6. The zero-order valence-corrected chi connectivity index (χ0v) is 15.4. The van der Waals surface area contributed by atoms with Gasteiger partial charge < -0.3 is 14.4 Å². The van der Waals surface area contributed by atoms with Gasteiger partial charge in [-0.25, -0.2) is 4.79 Å². The molecule has 1 fully saturated rings. The van der Waals surface area contributed by atoms with Crippen molar-refractivity contribution in [3.63, 3.8) is 0 Å². The quantitative estimate of drug-likeness (QED) is 0.685. The molecule has 138 valence electrons. The van der Waals surface area contributed by atoms with Crippen LogP contribution in [-0.4, -0.2) is 49.6 Å². The zero-order chi connectivity index (χ0) is 18.1. The van der Waals surface area contributed by atoms with E-state index in [-0.39, 0.29) is 23.6 Å². The van der Waals surface area contributed by atoms with E-state index in [9.17, 15) is 14.4 Å². The van der Waals surface area contributed by atoms with Gasteiger partial charge in [-0.05, 0) is 32.1 Å². The minimum absolute atomic E-state index is 0.0399. The maximum Gasteiger partial charge on any atom is 0.409 e. The predicted octanol–water partition coefficient (Wildman–Crippen LogP) is 3.18. The van der Waals surface area contributed by atoms with Gasteiger partial charge in [0, 0.05) is 20.0 Å². The van der Waals surface area contributed by atoms with Crippen molar-refractivity contribution in [3.05, 3.63) is 0 Å². The van der Waals surface area contributed by atoms with E-state index in [2.05, 4.69) is 0 Å². The van der Waals surface area contributed by atoms with Crippen LogP contribution in [0.5, 0.6) is 0 Å². The number of nitrogens with zero attached hydrogens (tertiary/aromatic N) is 1. The number of carbonyl (C=O) groups excluding carboxylic acids is 3. The molecule has 1 saturated heterocycles. The van der Waals surface area contributed by atoms with Crippen LogP contribution in [0.25, 0.3) is 0 Å². The van der Waals surface area contributed by atoms with Gasteiger partial charge in [-0.15, -0.1) is 0 Å². The number of cyclic esters (lactones) is 1. The maximum absolute atomic E-state index is 12.6. The Morgan fingerprint density at radius 2 is 1.62 bits per heavy atom. The maximum atomic E-state index is 12.6. The molecule has 0 unspecified atom stereocenters. The third-order valence-electron chi connectivity index (χ3n) is 4.44. The number of hydrogen-bond donors (Lipinski definition) is 0. The van der Waals surface area contributed by atoms with Gasteiger partial charge in [0.1, 0.15) is 0 Å². The smallest absolute Gasteiger partial charge is 0.409 e. The van der Waals surface area contributed by atoms with Crippen molar-refractivity contribution in [3.8, 4) is 0 Å². The lowest BCUT2D eigenvalue weighted by molar-refractivity contribution is -0.148. The van der Waals surface area contributed by atoms with Crippen LogP contribution >= 0.6 is 0 Å². The Labute approximate surface area is 144 Å². The standard InChI is InChI=1S/C18H31NO5/c1-13-10-8-12-23-17(21)14(2)9-6-5-7-11-15(16(13)20)24-18(22)19(3)4/h13-15H,5-12H2,1-4H3/t13-,14-,15+/m1/s1. The van der Waals surface area contributed by atoms with Crippen LogP contribution in [0.4, 0.5) is 4.79 Å². The third-order valence-corrected chi connectivity index (χ3v) is 4.44. The fraction of sp³-hybridized carbons (Fsp3) is 0.833. The normalized spacial score (nSPS) is 27.8. The van der Waals surface area contributed by atoms with Crippen LogP contribution in [0, 0.1) is 11.8 Å². The Kier molecular flexibility index (Phi) is 8.79. The van der Waals surface area contributed by atoms with Gasteiger partial charge >= 0.3 is 12.1 Å². The molecule has 1 heterocycles. The van der Waals surface area contributed by atoms with Crippen molar-refractivity contribution in [2.45, 2.75) is 64.9 Å². The van der Waals surface area contributed by atoms with Crippen molar-refractivity contribution in [2.24, 2.45) is 11.8 Å². The molecule has 0 aromatic heterocycles. The van der Waals surface area contributed by atoms with E-state index in [4.69, 9.17) is 9.47 Å². The minimum atomic E-state index is -0.683. The van der Waals surface area contributed by atoms with Crippen LogP contribution in [0.2, 0.25) is 0 Å². The second kappa shape index (κ2) is 10.3. The second-order valence-corrected chi connectivity index (χ2v) is 6.92. The van der Waals surface area contributed by atoms with E-state index in [1.165, 1.54) is 4.90 Å². The monoisotopic (exact) mass is 341 g/mol. The Hall–Kier alpha value is -1.59. The summed E-state index contributed by atoms with van der Waals surface area (Å²) in [5.74, 6) is -0.496. The van der Waals surface area contributed by atoms with Gasteiger partial charge in [0.05, 0.1) is 12.5 Å². The van der Waals surface area contributed by atoms with E-state index in [1.807, 2.05) is 13.8 Å². The zero-order valence-electron chi connectivity index (χ0n) is 15.4. The molecule has 0 saturated carbocycles. The first kappa shape index (κ1) is 20.5. The van der Waals surface area contributed by atoms with Crippen LogP contribution < -0.4 is 0 Å². The summed E-state index contributed by atoms with van der Waals surface area (Å²) in [4.78, 5) is 37.6. The lowest BCUT2D eigenvalue weighted by Crippen LogP contribution is -2.35. The molecule has 1 aliphatic heterocycles. The van der Waals surface area contributed by atoms with Crippen LogP contribution in [0.3, 0.4) is 0 Å². The van der Waals surface area contributed by atoms with E-state index in [0.717, 1.165) is 25.7 Å². The topological polar surface area (TPSA) is 72.9 Å². The van der Waals surface area contributed by atoms with Gasteiger partial charge in [0.25, 0.3) is 0 Å². The number of carbonyl (C=O) groups is 3. The molecule has 0 N–H and O–H groups in total. The number of ether oxygens (including phenoxy) is 2. The van der Waals surface area contributed by atoms with E-state index >= 15 is 0 Å². The average molecular weight is 341 g/mol. The highest BCUT2D eigenvalue weighted by Crippen LogP contribution is 2.19. The first-order valence-electron chi connectivity index (χ1n) is 8.91. The molecule has 0 spiro atoms. The number of rotatable bonds is 1. The number of ketones is 1. The summed E-state index contributed by atoms with van der Waals surface area (Å²) in [6.45, 7) is 4.07. The Bertz CT molecular complexity index is 435. The predicted molar refractivity (Wildman–Crippen MR) is 90.6 cm³/mol. The van der Waals surface area contributed by atoms with E-state index in [0.29, 0.717) is 25.9 Å². The van der Waals surface area contributed by atoms with Gasteiger partial charge in [-0.1, -0.05) is 26.7 Å². The van der Waals surface area contributed by atoms with Gasteiger partial charge in [0.15, 0.2) is 11.9 Å². The highest BCUT2D eigenvalue weighted by Gasteiger charge is 2.28. The highest BCUT2D eigenvalue weighted by atomic mass is 16.6. The molecular formula is C18H31NO5. The first-order valence-corrected chi connectivity index (χ1v) is 8.91. The third kappa shape index (κ3) is 6.89. The largest absolute Gasteiger partial charge is 0.465 e. The molecule has 6 heteroatoms. The molecule has 24 heavy (non-hydrogen) atoms. The van der Waals surface area contributed by atoms with Gasteiger partial charge in [-0.3, -0.25) is 9.59 Å². The molecule has 3 atom stereocenters. The van der Waals surface area contributed by atoms with Crippen LogP contribution in [0.15, 0.2) is 0 Å². The summed E-state index contributed by atoms with van der Waals surface area (Å²) in [5, 5.41) is 0. The Morgan fingerprint density at radius 3 is 2.29 bits per heavy atom. The van der Waals surface area contributed by atoms with Crippen molar-refractivity contribution in [2.75, 3.05) is 20.7 Å². The van der Waals surface area contributed by atoms with Crippen molar-refractivity contribution < 1.29 is 23.9 Å². The van der Waals surface area contributed by atoms with Crippen molar-refractivity contribution in [1.82, 2.24) is 4.90 Å².